The second kappa shape index (κ2) is 28.3. The van der Waals surface area contributed by atoms with E-state index in [9.17, 15) is 30.6 Å². The molecule has 19 atom stereocenters. The highest BCUT2D eigenvalue weighted by molar-refractivity contribution is 5.83. The monoisotopic (exact) mass is 1220 g/mol. The summed E-state index contributed by atoms with van der Waals surface area (Å²) in [4.78, 5) is 13.1. The number of imidazole rings is 1. The number of likely N-dealkylation sites (N-methyl/N-ethyl adjacent to an activating group) is 1. The molecule has 32 nitrogen and oxygen atoms in total. The van der Waals surface area contributed by atoms with E-state index >= 15 is 0 Å². The number of aromatic amines is 1. The number of ether oxygens (including phenoxy) is 7. The van der Waals surface area contributed by atoms with E-state index in [0.29, 0.717) is 43.1 Å². The van der Waals surface area contributed by atoms with Crippen LogP contribution in [0.3, 0.4) is 0 Å². The maximum Gasteiger partial charge on any atom is 0.187 e. The molecule has 0 bridgehead atoms. The maximum atomic E-state index is 12.0. The lowest BCUT2D eigenvalue weighted by Crippen LogP contribution is -2.68. The Balaban J connectivity index is 0.00000838. The van der Waals surface area contributed by atoms with Crippen LogP contribution >= 0.6 is 0 Å². The number of nitrogens with one attached hydrogen (secondary N) is 1. The molecule has 5 aliphatic rings. The predicted octanol–water partition coefficient (Wildman–Crippen LogP) is -4.64. The number of benzene rings is 2. The summed E-state index contributed by atoms with van der Waals surface area (Å²) in [7, 11) is 2.16. The van der Waals surface area contributed by atoms with Crippen LogP contribution in [0.2, 0.25) is 0 Å². The zero-order chi connectivity index (χ0) is 60.3. The summed E-state index contributed by atoms with van der Waals surface area (Å²) in [6.45, 7) is 4.99. The Morgan fingerprint density at radius 1 is 0.598 bits per heavy atom. The van der Waals surface area contributed by atoms with E-state index < -0.39 is 116 Å². The minimum absolute atomic E-state index is 0. The Morgan fingerprint density at radius 3 is 1.77 bits per heavy atom. The number of nitrogens with zero attached hydrogens (tertiary/aromatic N) is 12. The van der Waals surface area contributed by atoms with Crippen LogP contribution in [0.15, 0.2) is 61.1 Å². The molecule has 4 aromatic heterocycles. The summed E-state index contributed by atoms with van der Waals surface area (Å²) in [6.07, 6.45) is -11.8. The molecule has 0 spiro atoms. The average molecular weight is 1220 g/mol. The fourth-order valence-electron chi connectivity index (χ4n) is 11.6. The number of piperazine rings is 1. The Hall–Kier alpha value is -5.83. The van der Waals surface area contributed by atoms with Crippen molar-refractivity contribution < 1.29 is 63.8 Å². The molecule has 87 heavy (non-hydrogen) atoms. The lowest BCUT2D eigenvalue weighted by Gasteiger charge is -2.47. The Morgan fingerprint density at radius 2 is 1.15 bits per heavy atom. The fraction of sp³-hybridized carbons (Fsp3) is 0.655. The van der Waals surface area contributed by atoms with Gasteiger partial charge in [0, 0.05) is 75.0 Å². The second-order valence-corrected chi connectivity index (χ2v) is 23.0. The van der Waals surface area contributed by atoms with Gasteiger partial charge in [-0.1, -0.05) is 23.1 Å². The van der Waals surface area contributed by atoms with Gasteiger partial charge in [0.1, 0.15) is 91.0 Å². The van der Waals surface area contributed by atoms with Crippen LogP contribution in [0.4, 0.5) is 5.69 Å². The summed E-state index contributed by atoms with van der Waals surface area (Å²) in [5, 5.41) is 91.9. The molecule has 5 fully saturated rings. The van der Waals surface area contributed by atoms with Gasteiger partial charge in [-0.2, -0.15) is 0 Å². The minimum atomic E-state index is -1.62. The minimum Gasteiger partial charge on any atom is -0.487 e. The van der Waals surface area contributed by atoms with Gasteiger partial charge in [-0.05, 0) is 81.6 Å². The van der Waals surface area contributed by atoms with E-state index in [4.69, 9.17) is 72.5 Å². The van der Waals surface area contributed by atoms with Gasteiger partial charge >= 0.3 is 0 Å². The molecule has 32 heteroatoms. The predicted molar refractivity (Wildman–Crippen MR) is 310 cm³/mol. The maximum absolute atomic E-state index is 12.0. The van der Waals surface area contributed by atoms with Crippen molar-refractivity contribution in [3.63, 3.8) is 0 Å². The lowest BCUT2D eigenvalue weighted by molar-refractivity contribution is -0.306. The molecule has 0 radical (unpaired) electrons. The van der Waals surface area contributed by atoms with Crippen LogP contribution in [0, 0.1) is 0 Å². The van der Waals surface area contributed by atoms with Crippen molar-refractivity contribution in [2.45, 2.75) is 182 Å². The largest absolute Gasteiger partial charge is 0.487 e. The van der Waals surface area contributed by atoms with E-state index in [1.807, 2.05) is 36.7 Å². The van der Waals surface area contributed by atoms with Crippen LogP contribution in [0.1, 0.15) is 43.8 Å². The molecule has 1 aliphatic carbocycles. The molecule has 19 N–H and O–H groups in total. The molecule has 0 amide bonds. The molecule has 7 unspecified atom stereocenters. The van der Waals surface area contributed by atoms with Gasteiger partial charge in [0.2, 0.25) is 0 Å². The summed E-state index contributed by atoms with van der Waals surface area (Å²) in [5.41, 5.74) is 43.3. The topological polar surface area (TPSA) is 469 Å². The first-order chi connectivity index (χ1) is 41.5. The van der Waals surface area contributed by atoms with Crippen LogP contribution in [0.5, 0.6) is 5.75 Å². The lowest BCUT2D eigenvalue weighted by atomic mass is 9.84. The van der Waals surface area contributed by atoms with E-state index in [-0.39, 0.29) is 40.1 Å². The van der Waals surface area contributed by atoms with Crippen LogP contribution < -0.4 is 44.0 Å². The third-order valence-electron chi connectivity index (χ3n) is 16.8. The fourth-order valence-corrected chi connectivity index (χ4v) is 11.6. The number of rotatable bonds is 23. The van der Waals surface area contributed by atoms with Crippen molar-refractivity contribution in [3.8, 4) is 17.1 Å². The van der Waals surface area contributed by atoms with Crippen molar-refractivity contribution in [3.05, 3.63) is 78.1 Å². The number of H-pyrrole nitrogens is 1. The molecule has 6 aromatic rings. The van der Waals surface area contributed by atoms with Gasteiger partial charge < -0.3 is 113 Å². The summed E-state index contributed by atoms with van der Waals surface area (Å²) in [5.74, 6) is 1.50. The second-order valence-electron chi connectivity index (χ2n) is 23.0. The van der Waals surface area contributed by atoms with Crippen molar-refractivity contribution in [1.29, 1.82) is 0 Å². The highest BCUT2D eigenvalue weighted by Gasteiger charge is 2.55. The zero-order valence-electron chi connectivity index (χ0n) is 47.7. The third-order valence-corrected chi connectivity index (χ3v) is 16.8. The molecule has 11 rings (SSSR count). The number of aliphatic hydroxyl groups is 6. The van der Waals surface area contributed by atoms with E-state index in [1.165, 1.54) is 10.4 Å². The van der Waals surface area contributed by atoms with Crippen molar-refractivity contribution in [1.82, 2.24) is 59.8 Å². The zero-order valence-corrected chi connectivity index (χ0v) is 47.7. The van der Waals surface area contributed by atoms with Gasteiger partial charge in [-0.15, -0.1) is 15.3 Å². The molecule has 4 saturated heterocycles. The van der Waals surface area contributed by atoms with Crippen LogP contribution in [0.25, 0.3) is 22.4 Å². The van der Waals surface area contributed by atoms with Gasteiger partial charge in [0.25, 0.3) is 0 Å². The van der Waals surface area contributed by atoms with Gasteiger partial charge in [0.15, 0.2) is 18.9 Å². The number of unbranched alkanes of at least 4 members (excludes halogenated alkanes) is 1. The van der Waals surface area contributed by atoms with Crippen molar-refractivity contribution in [2.24, 2.45) is 34.4 Å². The van der Waals surface area contributed by atoms with Crippen LogP contribution in [-0.2, 0) is 67.5 Å². The smallest absolute Gasteiger partial charge is 0.187 e. The summed E-state index contributed by atoms with van der Waals surface area (Å²) >= 11 is 0. The number of fused-ring (bicyclic) bond motifs is 1. The SMILES string of the molecule is C.CN1CCN(c2ccc3nc(-c4ccc(OCc5cn(CCn6cc(CCCCc7cn(C[C@H]8OC(O[C@@H]9C(O)[C@H](N)CC(N)[C@H]9O[C@H]9OC(CN)[C@@H](O)[C@H](O)C9N)[C@@H](O)[C@H]8O[C@H]8O[C@@H](CN)[C@@H](O)C(O)C8N)nn7)nn6)nn5)cc4)[nH]c3c2)CC1. The quantitative estimate of drug-likeness (QED) is 0.0268. The first kappa shape index (κ1) is 64.2. The Labute approximate surface area is 501 Å². The first-order valence-corrected chi connectivity index (χ1v) is 29.3. The van der Waals surface area contributed by atoms with E-state index in [0.717, 1.165) is 67.1 Å². The number of nitrogens with two attached hydrogens (primary N) is 6. The first-order valence-electron chi connectivity index (χ1n) is 29.3. The van der Waals surface area contributed by atoms with Gasteiger partial charge in [-0.3, -0.25) is 9.36 Å². The summed E-state index contributed by atoms with van der Waals surface area (Å²) in [6, 6.07) is 9.88. The molecule has 1 saturated carbocycles. The van der Waals surface area contributed by atoms with Crippen molar-refractivity contribution >= 4 is 16.7 Å². The van der Waals surface area contributed by atoms with Gasteiger partial charge in [-0.25, -0.2) is 9.67 Å². The van der Waals surface area contributed by atoms with Crippen molar-refractivity contribution in [2.75, 3.05) is 51.2 Å². The van der Waals surface area contributed by atoms with Gasteiger partial charge in [0.05, 0.1) is 66.4 Å². The number of aryl methyl sites for hydroxylation is 4. The number of anilines is 1. The standard InChI is InChI=1S/C54H81N19O13.CH4/c1-69-12-14-70(15-13-69)31-8-11-35-36(18-31)62-51(61-35)27-6-9-32(10-7-27)80-26-30-24-72(67-65-30)17-16-71-22-28(63-66-71)4-2-3-5-29-23-73(68-64-29)25-39-49(85-53-41(60)46(78)44(76)38(21-56)82-53)47(79)54(83-39)86-50-42(74)33(57)19-34(58)48(50)84-52-40(59)45(77)43(75)37(20-55)81-52;/h6-11,18,22-24,33-34,37-50,52-54,74-79H,2-5,12-17,19-21,25-26,55-60H2,1H3,(H,61,62);1H4/t33-,34?,37?,38+,39-,40?,41?,42?,43-,44-,45-,46?,47+,48-,49+,50-,52-,53-,54?;/m1./s1. The number of aliphatic hydroxyl groups excluding tert-OH is 6. The molecule has 2 aromatic carbocycles. The summed E-state index contributed by atoms with van der Waals surface area (Å²) < 4.78 is 47.9. The number of hydrogen-bond donors (Lipinski definition) is 13. The Bertz CT molecular complexity index is 3110. The third kappa shape index (κ3) is 14.6. The highest BCUT2D eigenvalue weighted by atomic mass is 16.8. The molecular weight excluding hydrogens is 1130 g/mol. The average Bonchev–Trinajstić information content (AvgIpc) is 2.23. The molecular formula is C55H85N19O13. The molecule has 478 valence electrons. The Kier molecular flexibility index (Phi) is 20.9. The molecule has 8 heterocycles. The number of hydrogen-bond acceptors (Lipinski definition) is 28. The number of aromatic nitrogens is 11. The van der Waals surface area contributed by atoms with E-state index in [2.05, 4.69) is 71.0 Å². The van der Waals surface area contributed by atoms with Crippen LogP contribution in [-0.4, -0.2) is 253 Å². The highest BCUT2D eigenvalue weighted by Crippen LogP contribution is 2.36. The van der Waals surface area contributed by atoms with E-state index in [1.54, 1.807) is 15.6 Å². The normalized spacial score (nSPS) is 33.3. The molecule has 4 aliphatic heterocycles.